The van der Waals surface area contributed by atoms with Gasteiger partial charge < -0.3 is 10.2 Å². The van der Waals surface area contributed by atoms with Crippen LogP contribution in [0.3, 0.4) is 0 Å². The van der Waals surface area contributed by atoms with Gasteiger partial charge in [-0.1, -0.05) is 6.42 Å². The number of carboxylic acids is 2. The van der Waals surface area contributed by atoms with E-state index in [4.69, 9.17) is 10.2 Å². The van der Waals surface area contributed by atoms with Crippen LogP contribution in [0.15, 0.2) is 12.1 Å². The molecular weight excluding hydrogens is 220 g/mol. The minimum Gasteiger partial charge on any atom is -0.478 e. The van der Waals surface area contributed by atoms with Crippen LogP contribution in [0.25, 0.3) is 0 Å². The van der Waals surface area contributed by atoms with Crippen molar-refractivity contribution in [2.75, 3.05) is 0 Å². The van der Waals surface area contributed by atoms with Crippen LogP contribution >= 0.6 is 0 Å². The largest absolute Gasteiger partial charge is 0.478 e. The van der Waals surface area contributed by atoms with Crippen LogP contribution in [0, 0.1) is 6.92 Å². The monoisotopic (exact) mass is 234 g/mol. The summed E-state index contributed by atoms with van der Waals surface area (Å²) in [6.45, 7) is 1.54. The highest BCUT2D eigenvalue weighted by Gasteiger charge is 2.24. The summed E-state index contributed by atoms with van der Waals surface area (Å²) in [4.78, 5) is 22.2. The summed E-state index contributed by atoms with van der Waals surface area (Å²) in [7, 11) is 0. The maximum absolute atomic E-state index is 11.1. The second-order valence-electron chi connectivity index (χ2n) is 4.48. The third-order valence-corrected chi connectivity index (χ3v) is 3.47. The average molecular weight is 234 g/mol. The smallest absolute Gasteiger partial charge is 0.335 e. The molecule has 1 fully saturated rings. The lowest BCUT2D eigenvalue weighted by molar-refractivity contribution is 0.0696. The highest BCUT2D eigenvalue weighted by Crippen LogP contribution is 2.37. The molecule has 90 valence electrons. The molecule has 1 aliphatic rings. The van der Waals surface area contributed by atoms with Gasteiger partial charge in [0.1, 0.15) is 0 Å². The van der Waals surface area contributed by atoms with Gasteiger partial charge in [0.15, 0.2) is 0 Å². The van der Waals surface area contributed by atoms with Gasteiger partial charge in [-0.05, 0) is 48.9 Å². The lowest BCUT2D eigenvalue weighted by Gasteiger charge is -2.26. The summed E-state index contributed by atoms with van der Waals surface area (Å²) >= 11 is 0. The zero-order chi connectivity index (χ0) is 12.6. The molecule has 0 unspecified atom stereocenters. The van der Waals surface area contributed by atoms with Crippen LogP contribution < -0.4 is 0 Å². The van der Waals surface area contributed by atoms with Crippen LogP contribution in [0.5, 0.6) is 0 Å². The Balaban J connectivity index is 2.55. The predicted molar refractivity (Wildman–Crippen MR) is 61.7 cm³/mol. The molecule has 0 saturated heterocycles. The Labute approximate surface area is 98.9 Å². The number of hydrogen-bond acceptors (Lipinski definition) is 2. The maximum Gasteiger partial charge on any atom is 0.335 e. The third-order valence-electron chi connectivity index (χ3n) is 3.47. The second-order valence-corrected chi connectivity index (χ2v) is 4.48. The van der Waals surface area contributed by atoms with E-state index in [-0.39, 0.29) is 11.1 Å². The zero-order valence-electron chi connectivity index (χ0n) is 9.56. The Morgan fingerprint density at radius 3 is 1.88 bits per heavy atom. The van der Waals surface area contributed by atoms with Gasteiger partial charge in [-0.2, -0.15) is 0 Å². The van der Waals surface area contributed by atoms with E-state index in [0.717, 1.165) is 24.8 Å². The molecule has 0 atom stereocenters. The molecule has 1 aromatic rings. The fourth-order valence-electron chi connectivity index (χ4n) is 2.16. The number of hydrogen-bond donors (Lipinski definition) is 2. The molecule has 17 heavy (non-hydrogen) atoms. The van der Waals surface area contributed by atoms with Crippen LogP contribution in [0.2, 0.25) is 0 Å². The molecule has 1 aromatic carbocycles. The standard InChI is InChI=1S/C13H14O4/c1-7-10(12(14)15)5-9(8-3-2-4-8)6-11(7)13(16)17/h5-6,8H,2-4H2,1H3,(H,14,15)(H,16,17). The maximum atomic E-state index is 11.1. The van der Waals surface area contributed by atoms with Gasteiger partial charge >= 0.3 is 11.9 Å². The summed E-state index contributed by atoms with van der Waals surface area (Å²) in [5.74, 6) is -1.80. The first-order valence-corrected chi connectivity index (χ1v) is 5.62. The molecule has 0 amide bonds. The number of carboxylic acid groups (broad SMARTS) is 2. The van der Waals surface area contributed by atoms with Crippen molar-refractivity contribution >= 4 is 11.9 Å². The Morgan fingerprint density at radius 2 is 1.59 bits per heavy atom. The number of rotatable bonds is 3. The van der Waals surface area contributed by atoms with E-state index in [1.54, 1.807) is 12.1 Å². The van der Waals surface area contributed by atoms with Gasteiger partial charge in [-0.3, -0.25) is 0 Å². The number of aromatic carboxylic acids is 2. The SMILES string of the molecule is Cc1c(C(=O)O)cc(C2CCC2)cc1C(=O)O. The molecule has 0 bridgehead atoms. The molecule has 0 aromatic heterocycles. The Hall–Kier alpha value is -1.84. The second kappa shape index (κ2) is 4.20. The first kappa shape index (κ1) is 11.6. The minimum absolute atomic E-state index is 0.104. The summed E-state index contributed by atoms with van der Waals surface area (Å²) < 4.78 is 0. The van der Waals surface area contributed by atoms with Gasteiger partial charge in [-0.15, -0.1) is 0 Å². The molecule has 4 heteroatoms. The quantitative estimate of drug-likeness (QED) is 0.843. The van der Waals surface area contributed by atoms with Gasteiger partial charge in [0, 0.05) is 0 Å². The number of benzene rings is 1. The van der Waals surface area contributed by atoms with Crippen molar-refractivity contribution in [3.05, 3.63) is 34.4 Å². The van der Waals surface area contributed by atoms with Crippen LogP contribution in [-0.4, -0.2) is 22.2 Å². The van der Waals surface area contributed by atoms with E-state index in [0.29, 0.717) is 11.5 Å². The number of carbonyl (C=O) groups is 2. The fourth-order valence-corrected chi connectivity index (χ4v) is 2.16. The molecule has 2 N–H and O–H groups in total. The van der Waals surface area contributed by atoms with E-state index in [2.05, 4.69) is 0 Å². The summed E-state index contributed by atoms with van der Waals surface area (Å²) in [5, 5.41) is 18.2. The zero-order valence-corrected chi connectivity index (χ0v) is 9.56. The molecule has 1 aliphatic carbocycles. The highest BCUT2D eigenvalue weighted by molar-refractivity contribution is 5.96. The van der Waals surface area contributed by atoms with E-state index in [1.165, 1.54) is 6.92 Å². The van der Waals surface area contributed by atoms with E-state index < -0.39 is 11.9 Å². The van der Waals surface area contributed by atoms with Crippen molar-refractivity contribution < 1.29 is 19.8 Å². The van der Waals surface area contributed by atoms with Crippen LogP contribution in [0.4, 0.5) is 0 Å². The van der Waals surface area contributed by atoms with E-state index >= 15 is 0 Å². The van der Waals surface area contributed by atoms with Gasteiger partial charge in [0.2, 0.25) is 0 Å². The minimum atomic E-state index is -1.06. The molecule has 4 nitrogen and oxygen atoms in total. The molecular formula is C13H14O4. The van der Waals surface area contributed by atoms with Crippen molar-refractivity contribution in [1.82, 2.24) is 0 Å². The first-order valence-electron chi connectivity index (χ1n) is 5.62. The van der Waals surface area contributed by atoms with Gasteiger partial charge in [-0.25, -0.2) is 9.59 Å². The summed E-state index contributed by atoms with van der Waals surface area (Å²) in [6, 6.07) is 3.24. The van der Waals surface area contributed by atoms with Crippen molar-refractivity contribution in [3.8, 4) is 0 Å². The van der Waals surface area contributed by atoms with Gasteiger partial charge in [0.05, 0.1) is 11.1 Å². The van der Waals surface area contributed by atoms with Crippen molar-refractivity contribution in [2.24, 2.45) is 0 Å². The van der Waals surface area contributed by atoms with Crippen LogP contribution in [0.1, 0.15) is 57.0 Å². The van der Waals surface area contributed by atoms with Crippen molar-refractivity contribution in [2.45, 2.75) is 32.1 Å². The highest BCUT2D eigenvalue weighted by atomic mass is 16.4. The summed E-state index contributed by atoms with van der Waals surface area (Å²) in [6.07, 6.45) is 3.16. The molecule has 0 heterocycles. The lowest BCUT2D eigenvalue weighted by Crippen LogP contribution is -2.14. The third kappa shape index (κ3) is 2.02. The average Bonchev–Trinajstić information content (AvgIpc) is 2.16. The molecule has 0 aliphatic heterocycles. The van der Waals surface area contributed by atoms with Crippen molar-refractivity contribution in [1.29, 1.82) is 0 Å². The fraction of sp³-hybridized carbons (Fsp3) is 0.385. The van der Waals surface area contributed by atoms with Crippen LogP contribution in [-0.2, 0) is 0 Å². The van der Waals surface area contributed by atoms with Crippen molar-refractivity contribution in [3.63, 3.8) is 0 Å². The Bertz CT molecular complexity index is 451. The normalized spacial score (nSPS) is 15.4. The molecule has 0 spiro atoms. The molecule has 0 radical (unpaired) electrons. The Morgan fingerprint density at radius 1 is 1.12 bits per heavy atom. The van der Waals surface area contributed by atoms with Gasteiger partial charge in [0.25, 0.3) is 0 Å². The topological polar surface area (TPSA) is 74.6 Å². The predicted octanol–water partition coefficient (Wildman–Crippen LogP) is 2.66. The van der Waals surface area contributed by atoms with E-state index in [1.807, 2.05) is 0 Å². The van der Waals surface area contributed by atoms with E-state index in [9.17, 15) is 9.59 Å². The summed E-state index contributed by atoms with van der Waals surface area (Å²) in [5.41, 5.74) is 1.38. The lowest BCUT2D eigenvalue weighted by atomic mass is 9.78. The molecule has 2 rings (SSSR count). The molecule has 1 saturated carbocycles. The Kier molecular flexibility index (Phi) is 2.88. The first-order chi connectivity index (χ1) is 8.00.